The smallest absolute Gasteiger partial charge is 0.162 e. The fourth-order valence-electron chi connectivity index (χ4n) is 5.16. The number of rotatable bonds is 5. The first-order valence-electron chi connectivity index (χ1n) is 11.9. The molecule has 0 radical (unpaired) electrons. The molecule has 0 aromatic heterocycles. The summed E-state index contributed by atoms with van der Waals surface area (Å²) in [6, 6.07) is 17.3. The standard InChI is InChI=1S/C27H27F3N2O3S/c28-21-7-4-8-22(15-21)35-26-17-24(30)23(29)16-25(26)32-11-9-27(10-12-32)19-31(13-14-36(27,33)34)18-20-5-2-1-3-6-20/h1-8,15-17H,9-14,18-19H2. The maximum atomic E-state index is 14.2. The predicted octanol–water partition coefficient (Wildman–Crippen LogP) is 5.17. The summed E-state index contributed by atoms with van der Waals surface area (Å²) in [6.45, 7) is 2.27. The van der Waals surface area contributed by atoms with Gasteiger partial charge in [0.25, 0.3) is 0 Å². The highest BCUT2D eigenvalue weighted by Gasteiger charge is 2.49. The molecule has 0 aliphatic carbocycles. The van der Waals surface area contributed by atoms with E-state index in [1.807, 2.05) is 35.2 Å². The van der Waals surface area contributed by atoms with Crippen LogP contribution in [-0.2, 0) is 16.4 Å². The van der Waals surface area contributed by atoms with E-state index < -0.39 is 32.0 Å². The fraction of sp³-hybridized carbons (Fsp3) is 0.333. The van der Waals surface area contributed by atoms with E-state index in [4.69, 9.17) is 4.74 Å². The van der Waals surface area contributed by atoms with Crippen molar-refractivity contribution in [3.63, 3.8) is 0 Å². The van der Waals surface area contributed by atoms with Crippen LogP contribution in [0, 0.1) is 17.5 Å². The quantitative estimate of drug-likeness (QED) is 0.469. The summed E-state index contributed by atoms with van der Waals surface area (Å²) in [5.41, 5.74) is 1.44. The van der Waals surface area contributed by atoms with E-state index in [0.29, 0.717) is 51.3 Å². The van der Waals surface area contributed by atoms with E-state index in [0.717, 1.165) is 23.8 Å². The molecular weight excluding hydrogens is 489 g/mol. The number of anilines is 1. The molecule has 2 aliphatic rings. The van der Waals surface area contributed by atoms with Gasteiger partial charge in [-0.25, -0.2) is 21.6 Å². The second-order valence-electron chi connectivity index (χ2n) is 9.48. The zero-order valence-corrected chi connectivity index (χ0v) is 20.5. The van der Waals surface area contributed by atoms with Gasteiger partial charge in [-0.2, -0.15) is 0 Å². The van der Waals surface area contributed by atoms with Crippen molar-refractivity contribution in [2.75, 3.05) is 36.8 Å². The first-order chi connectivity index (χ1) is 17.2. The van der Waals surface area contributed by atoms with Gasteiger partial charge in [-0.1, -0.05) is 36.4 Å². The molecule has 0 bridgehead atoms. The normalized spacial score (nSPS) is 19.4. The molecule has 0 amide bonds. The van der Waals surface area contributed by atoms with Gasteiger partial charge in [-0.05, 0) is 30.5 Å². The van der Waals surface area contributed by atoms with Crippen molar-refractivity contribution in [1.82, 2.24) is 4.90 Å². The minimum atomic E-state index is -3.33. The lowest BCUT2D eigenvalue weighted by Crippen LogP contribution is -2.60. The van der Waals surface area contributed by atoms with E-state index in [1.165, 1.54) is 18.2 Å². The van der Waals surface area contributed by atoms with E-state index in [-0.39, 0.29) is 17.3 Å². The molecule has 0 atom stereocenters. The second kappa shape index (κ2) is 9.78. The van der Waals surface area contributed by atoms with Crippen LogP contribution in [0.4, 0.5) is 18.9 Å². The number of piperidine rings is 1. The average Bonchev–Trinajstić information content (AvgIpc) is 2.85. The molecule has 3 aromatic rings. The highest BCUT2D eigenvalue weighted by Crippen LogP contribution is 2.41. The van der Waals surface area contributed by atoms with Crippen LogP contribution < -0.4 is 9.64 Å². The van der Waals surface area contributed by atoms with Crippen LogP contribution in [0.25, 0.3) is 0 Å². The van der Waals surface area contributed by atoms with E-state index in [1.54, 1.807) is 0 Å². The van der Waals surface area contributed by atoms with Gasteiger partial charge < -0.3 is 9.64 Å². The van der Waals surface area contributed by atoms with Crippen LogP contribution in [0.15, 0.2) is 66.7 Å². The van der Waals surface area contributed by atoms with Crippen molar-refractivity contribution in [3.05, 3.63) is 89.7 Å². The van der Waals surface area contributed by atoms with Gasteiger partial charge in [0, 0.05) is 50.9 Å². The van der Waals surface area contributed by atoms with Crippen molar-refractivity contribution < 1.29 is 26.3 Å². The zero-order valence-electron chi connectivity index (χ0n) is 19.7. The highest BCUT2D eigenvalue weighted by molar-refractivity contribution is 7.92. The number of halogens is 3. The van der Waals surface area contributed by atoms with Gasteiger partial charge in [-0.3, -0.25) is 4.90 Å². The third-order valence-electron chi connectivity index (χ3n) is 7.14. The lowest BCUT2D eigenvalue weighted by atomic mass is 9.93. The number of sulfone groups is 1. The summed E-state index contributed by atoms with van der Waals surface area (Å²) in [4.78, 5) is 4.00. The third-order valence-corrected chi connectivity index (χ3v) is 9.71. The van der Waals surface area contributed by atoms with Crippen molar-refractivity contribution in [1.29, 1.82) is 0 Å². The fourth-order valence-corrected chi connectivity index (χ4v) is 7.27. The first-order valence-corrected chi connectivity index (χ1v) is 13.6. The highest BCUT2D eigenvalue weighted by atomic mass is 32.2. The Morgan fingerprint density at radius 3 is 2.31 bits per heavy atom. The molecule has 0 unspecified atom stereocenters. The Hall–Kier alpha value is -3.04. The summed E-state index contributed by atoms with van der Waals surface area (Å²) < 4.78 is 73.2. The number of benzene rings is 3. The Balaban J connectivity index is 1.36. The predicted molar refractivity (Wildman–Crippen MR) is 133 cm³/mol. The van der Waals surface area contributed by atoms with Crippen LogP contribution in [0.2, 0.25) is 0 Å². The SMILES string of the molecule is O=S1(=O)CCN(Cc2ccccc2)CC12CCN(c1cc(F)c(F)cc1Oc1cccc(F)c1)CC2. The lowest BCUT2D eigenvalue weighted by molar-refractivity contribution is 0.210. The molecule has 2 aliphatic heterocycles. The maximum Gasteiger partial charge on any atom is 0.162 e. The van der Waals surface area contributed by atoms with E-state index >= 15 is 0 Å². The Kier molecular flexibility index (Phi) is 6.70. The van der Waals surface area contributed by atoms with Crippen LogP contribution >= 0.6 is 0 Å². The summed E-state index contributed by atoms with van der Waals surface area (Å²) in [6.07, 6.45) is 0.720. The molecule has 1 spiro atoms. The van der Waals surface area contributed by atoms with Crippen LogP contribution in [0.3, 0.4) is 0 Å². The lowest BCUT2D eigenvalue weighted by Gasteiger charge is -2.47. The molecule has 2 saturated heterocycles. The Labute approximate surface area is 209 Å². The molecule has 3 aromatic carbocycles. The van der Waals surface area contributed by atoms with E-state index in [9.17, 15) is 21.6 Å². The molecule has 2 heterocycles. The van der Waals surface area contributed by atoms with Gasteiger partial charge in [0.1, 0.15) is 11.6 Å². The maximum absolute atomic E-state index is 14.2. The van der Waals surface area contributed by atoms with Crippen LogP contribution in [0.5, 0.6) is 11.5 Å². The molecule has 0 saturated carbocycles. The molecule has 9 heteroatoms. The average molecular weight is 517 g/mol. The minimum absolute atomic E-state index is 0.0488. The topological polar surface area (TPSA) is 49.9 Å². The third kappa shape index (κ3) is 4.95. The Morgan fingerprint density at radius 1 is 0.861 bits per heavy atom. The summed E-state index contributed by atoms with van der Waals surface area (Å²) in [5.74, 6) is -2.32. The molecule has 5 nitrogen and oxygen atoms in total. The molecule has 0 N–H and O–H groups in total. The van der Waals surface area contributed by atoms with Gasteiger partial charge in [-0.15, -0.1) is 0 Å². The molecular formula is C27H27F3N2O3S. The number of hydrogen-bond donors (Lipinski definition) is 0. The minimum Gasteiger partial charge on any atom is -0.455 e. The first kappa shape index (κ1) is 24.6. The van der Waals surface area contributed by atoms with Crippen molar-refractivity contribution in [2.24, 2.45) is 0 Å². The van der Waals surface area contributed by atoms with Crippen molar-refractivity contribution >= 4 is 15.5 Å². The largest absolute Gasteiger partial charge is 0.455 e. The van der Waals surface area contributed by atoms with Crippen LogP contribution in [-0.4, -0.2) is 50.0 Å². The molecule has 5 rings (SSSR count). The van der Waals surface area contributed by atoms with E-state index in [2.05, 4.69) is 4.90 Å². The Morgan fingerprint density at radius 2 is 1.58 bits per heavy atom. The van der Waals surface area contributed by atoms with Gasteiger partial charge in [0.2, 0.25) is 0 Å². The molecule has 2 fully saturated rings. The number of hydrogen-bond acceptors (Lipinski definition) is 5. The summed E-state index contributed by atoms with van der Waals surface area (Å²) in [7, 11) is -3.33. The molecule has 190 valence electrons. The monoisotopic (exact) mass is 516 g/mol. The molecule has 36 heavy (non-hydrogen) atoms. The van der Waals surface area contributed by atoms with Crippen molar-refractivity contribution in [3.8, 4) is 11.5 Å². The van der Waals surface area contributed by atoms with Crippen molar-refractivity contribution in [2.45, 2.75) is 24.1 Å². The van der Waals surface area contributed by atoms with Gasteiger partial charge in [0.15, 0.2) is 27.2 Å². The van der Waals surface area contributed by atoms with Gasteiger partial charge >= 0.3 is 0 Å². The summed E-state index contributed by atoms with van der Waals surface area (Å²) >= 11 is 0. The van der Waals surface area contributed by atoms with Gasteiger partial charge in [0.05, 0.1) is 16.2 Å². The Bertz CT molecular complexity index is 1340. The number of nitrogens with zero attached hydrogens (tertiary/aromatic N) is 2. The summed E-state index contributed by atoms with van der Waals surface area (Å²) in [5, 5.41) is 0. The van der Waals surface area contributed by atoms with Crippen LogP contribution in [0.1, 0.15) is 18.4 Å². The second-order valence-corrected chi connectivity index (χ2v) is 12.0. The number of ether oxygens (including phenoxy) is 1. The zero-order chi connectivity index (χ0) is 25.3.